The molecule has 0 fully saturated rings. The smallest absolute Gasteiger partial charge is 0.159 e. The van der Waals surface area contributed by atoms with E-state index in [1.54, 1.807) is 0 Å². The van der Waals surface area contributed by atoms with Crippen LogP contribution in [0.1, 0.15) is 30.9 Å². The second kappa shape index (κ2) is 5.83. The molecule has 0 spiro atoms. The number of hydrogen-bond donors (Lipinski definition) is 0. The van der Waals surface area contributed by atoms with Crippen LogP contribution >= 0.6 is 0 Å². The third-order valence-corrected chi connectivity index (χ3v) is 2.94. The third kappa shape index (κ3) is 3.53. The Morgan fingerprint density at radius 2 is 1.63 bits per heavy atom. The van der Waals surface area contributed by atoms with Crippen molar-refractivity contribution in [1.29, 1.82) is 0 Å². The summed E-state index contributed by atoms with van der Waals surface area (Å²) in [5.74, 6) is -0.504. The van der Waals surface area contributed by atoms with E-state index in [4.69, 9.17) is 4.74 Å². The van der Waals surface area contributed by atoms with Gasteiger partial charge >= 0.3 is 0 Å². The van der Waals surface area contributed by atoms with Gasteiger partial charge in [-0.1, -0.05) is 32.0 Å². The van der Waals surface area contributed by atoms with Crippen molar-refractivity contribution in [2.45, 2.75) is 26.4 Å². The van der Waals surface area contributed by atoms with Gasteiger partial charge in [-0.15, -0.1) is 0 Å². The highest BCUT2D eigenvalue weighted by atomic mass is 19.2. The Morgan fingerprint density at radius 1 is 0.947 bits per heavy atom. The molecule has 0 heterocycles. The molecule has 2 rings (SSSR count). The summed E-state index contributed by atoms with van der Waals surface area (Å²) < 4.78 is 31.3. The van der Waals surface area contributed by atoms with Crippen LogP contribution in [0, 0.1) is 11.6 Å². The normalized spacial score (nSPS) is 10.8. The van der Waals surface area contributed by atoms with Crippen LogP contribution in [-0.4, -0.2) is 0 Å². The summed E-state index contributed by atoms with van der Waals surface area (Å²) in [4.78, 5) is 0. The molecule has 2 aromatic carbocycles. The second-order valence-corrected chi connectivity index (χ2v) is 4.76. The zero-order chi connectivity index (χ0) is 13.8. The standard InChI is InChI=1S/C16H16F2O/c1-11(2)13-4-6-14(7-5-13)19-10-12-3-8-15(17)16(18)9-12/h3-9,11H,10H2,1-2H3. The van der Waals surface area contributed by atoms with E-state index >= 15 is 0 Å². The topological polar surface area (TPSA) is 9.23 Å². The van der Waals surface area contributed by atoms with Crippen LogP contribution in [0.25, 0.3) is 0 Å². The van der Waals surface area contributed by atoms with Crippen molar-refractivity contribution in [3.63, 3.8) is 0 Å². The molecule has 100 valence electrons. The first-order valence-corrected chi connectivity index (χ1v) is 6.23. The minimum absolute atomic E-state index is 0.220. The van der Waals surface area contributed by atoms with Gasteiger partial charge in [-0.05, 0) is 41.3 Å². The van der Waals surface area contributed by atoms with Gasteiger partial charge < -0.3 is 4.74 Å². The lowest BCUT2D eigenvalue weighted by Crippen LogP contribution is -1.97. The van der Waals surface area contributed by atoms with Crippen molar-refractivity contribution in [2.24, 2.45) is 0 Å². The Hall–Kier alpha value is -1.90. The molecular weight excluding hydrogens is 246 g/mol. The zero-order valence-electron chi connectivity index (χ0n) is 11.0. The van der Waals surface area contributed by atoms with Crippen molar-refractivity contribution >= 4 is 0 Å². The SMILES string of the molecule is CC(C)c1ccc(OCc2ccc(F)c(F)c2)cc1. The average Bonchev–Trinajstić information content (AvgIpc) is 2.40. The van der Waals surface area contributed by atoms with E-state index in [0.29, 0.717) is 17.2 Å². The molecule has 0 saturated carbocycles. The molecule has 1 nitrogen and oxygen atoms in total. The molecule has 0 atom stereocenters. The van der Waals surface area contributed by atoms with Crippen molar-refractivity contribution in [1.82, 2.24) is 0 Å². The average molecular weight is 262 g/mol. The Labute approximate surface area is 111 Å². The first-order valence-electron chi connectivity index (χ1n) is 6.23. The fourth-order valence-electron chi connectivity index (χ4n) is 1.75. The fourth-order valence-corrected chi connectivity index (χ4v) is 1.75. The molecule has 0 N–H and O–H groups in total. The van der Waals surface area contributed by atoms with E-state index in [1.165, 1.54) is 11.6 Å². The Bertz CT molecular complexity index is 547. The van der Waals surface area contributed by atoms with Gasteiger partial charge in [0.1, 0.15) is 12.4 Å². The molecule has 0 unspecified atom stereocenters. The quantitative estimate of drug-likeness (QED) is 0.778. The molecule has 19 heavy (non-hydrogen) atoms. The Morgan fingerprint density at radius 3 is 2.21 bits per heavy atom. The zero-order valence-corrected chi connectivity index (χ0v) is 11.0. The molecule has 0 aliphatic heterocycles. The van der Waals surface area contributed by atoms with Crippen LogP contribution in [0.3, 0.4) is 0 Å². The molecule has 0 saturated heterocycles. The van der Waals surface area contributed by atoms with Crippen LogP contribution in [0.4, 0.5) is 8.78 Å². The molecular formula is C16H16F2O. The van der Waals surface area contributed by atoms with Crippen LogP contribution in [0.5, 0.6) is 5.75 Å². The summed E-state index contributed by atoms with van der Waals surface area (Å²) in [5, 5.41) is 0. The molecule has 3 heteroatoms. The van der Waals surface area contributed by atoms with Crippen molar-refractivity contribution in [3.05, 3.63) is 65.2 Å². The van der Waals surface area contributed by atoms with E-state index in [9.17, 15) is 8.78 Å². The third-order valence-electron chi connectivity index (χ3n) is 2.94. The van der Waals surface area contributed by atoms with Gasteiger partial charge in [0.15, 0.2) is 11.6 Å². The number of benzene rings is 2. The lowest BCUT2D eigenvalue weighted by Gasteiger charge is -2.09. The lowest BCUT2D eigenvalue weighted by molar-refractivity contribution is 0.305. The van der Waals surface area contributed by atoms with Gasteiger partial charge in [0, 0.05) is 0 Å². The minimum Gasteiger partial charge on any atom is -0.489 e. The fraction of sp³-hybridized carbons (Fsp3) is 0.250. The number of halogens is 2. The van der Waals surface area contributed by atoms with Gasteiger partial charge in [0.05, 0.1) is 0 Å². The van der Waals surface area contributed by atoms with Crippen LogP contribution in [-0.2, 0) is 6.61 Å². The van der Waals surface area contributed by atoms with Gasteiger partial charge in [-0.3, -0.25) is 0 Å². The maximum atomic E-state index is 13.0. The molecule has 0 bridgehead atoms. The van der Waals surface area contributed by atoms with E-state index in [0.717, 1.165) is 12.1 Å². The minimum atomic E-state index is -0.851. The Kier molecular flexibility index (Phi) is 4.15. The van der Waals surface area contributed by atoms with Crippen molar-refractivity contribution < 1.29 is 13.5 Å². The van der Waals surface area contributed by atoms with E-state index in [-0.39, 0.29) is 6.61 Å². The van der Waals surface area contributed by atoms with Gasteiger partial charge in [-0.2, -0.15) is 0 Å². The number of hydrogen-bond acceptors (Lipinski definition) is 1. The molecule has 2 aromatic rings. The summed E-state index contributed by atoms with van der Waals surface area (Å²) in [6, 6.07) is 11.6. The number of ether oxygens (including phenoxy) is 1. The molecule has 0 aliphatic rings. The summed E-state index contributed by atoms with van der Waals surface area (Å²) in [6.07, 6.45) is 0. The van der Waals surface area contributed by atoms with Gasteiger partial charge in [0.25, 0.3) is 0 Å². The highest BCUT2D eigenvalue weighted by Gasteiger charge is 2.04. The largest absolute Gasteiger partial charge is 0.489 e. The summed E-state index contributed by atoms with van der Waals surface area (Å²) >= 11 is 0. The van der Waals surface area contributed by atoms with Crippen LogP contribution < -0.4 is 4.74 Å². The van der Waals surface area contributed by atoms with E-state index in [2.05, 4.69) is 13.8 Å². The maximum absolute atomic E-state index is 13.0. The van der Waals surface area contributed by atoms with E-state index < -0.39 is 11.6 Å². The van der Waals surface area contributed by atoms with Crippen molar-refractivity contribution in [2.75, 3.05) is 0 Å². The first-order chi connectivity index (χ1) is 9.06. The summed E-state index contributed by atoms with van der Waals surface area (Å²) in [7, 11) is 0. The van der Waals surface area contributed by atoms with Crippen LogP contribution in [0.2, 0.25) is 0 Å². The van der Waals surface area contributed by atoms with Gasteiger partial charge in [0.2, 0.25) is 0 Å². The highest BCUT2D eigenvalue weighted by molar-refractivity contribution is 5.29. The predicted molar refractivity (Wildman–Crippen MR) is 71.2 cm³/mol. The van der Waals surface area contributed by atoms with E-state index in [1.807, 2.05) is 24.3 Å². The van der Waals surface area contributed by atoms with Crippen molar-refractivity contribution in [3.8, 4) is 5.75 Å². The van der Waals surface area contributed by atoms with Crippen LogP contribution in [0.15, 0.2) is 42.5 Å². The summed E-state index contributed by atoms with van der Waals surface area (Å²) in [6.45, 7) is 4.46. The monoisotopic (exact) mass is 262 g/mol. The molecule has 0 aliphatic carbocycles. The highest BCUT2D eigenvalue weighted by Crippen LogP contribution is 2.19. The Balaban J connectivity index is 2.00. The lowest BCUT2D eigenvalue weighted by atomic mass is 10.0. The molecule has 0 aromatic heterocycles. The number of rotatable bonds is 4. The maximum Gasteiger partial charge on any atom is 0.159 e. The molecule has 0 amide bonds. The second-order valence-electron chi connectivity index (χ2n) is 4.76. The molecule has 0 radical (unpaired) electrons. The first kappa shape index (κ1) is 13.5. The van der Waals surface area contributed by atoms with Gasteiger partial charge in [-0.25, -0.2) is 8.78 Å². The summed E-state index contributed by atoms with van der Waals surface area (Å²) in [5.41, 5.74) is 1.84. The predicted octanol–water partition coefficient (Wildman–Crippen LogP) is 4.67.